The van der Waals surface area contributed by atoms with Crippen molar-refractivity contribution < 1.29 is 29.0 Å². The number of carboxylic acid groups (broad SMARTS) is 1. The van der Waals surface area contributed by atoms with Crippen molar-refractivity contribution in [2.24, 2.45) is 16.7 Å². The number of ether oxygens (including phenoxy) is 2. The standard InChI is InChI=1S/C42H70N2O6/c1-6-7-8-9-10-11-12-13-14-15-16-17-20-25-42(26-21-27-42)39(48)44-34-23-19-18-22-31(34)33(29-35(45)46)36-32(24-28-43-36)37(47)38-40(2,3)30-49-41(4,5)50-38/h24,28,31,33-34,38,43H,6-23,25-27,29-30H2,1-5H3,(H,44,48)(H,45,46). The van der Waals surface area contributed by atoms with Crippen LogP contribution in [0.2, 0.25) is 0 Å². The van der Waals surface area contributed by atoms with Crippen LogP contribution in [0.1, 0.15) is 198 Å². The summed E-state index contributed by atoms with van der Waals surface area (Å²) in [6.45, 7) is 10.2. The number of unbranched alkanes of at least 4 members (excludes halogenated alkanes) is 12. The van der Waals surface area contributed by atoms with Crippen LogP contribution in [-0.4, -0.2) is 52.3 Å². The van der Waals surface area contributed by atoms with E-state index in [0.29, 0.717) is 17.9 Å². The van der Waals surface area contributed by atoms with Gasteiger partial charge in [0.25, 0.3) is 0 Å². The zero-order chi connectivity index (χ0) is 36.2. The lowest BCUT2D eigenvalue weighted by Gasteiger charge is -2.45. The lowest BCUT2D eigenvalue weighted by atomic mass is 9.64. The van der Waals surface area contributed by atoms with Crippen LogP contribution in [0.25, 0.3) is 0 Å². The SMILES string of the molecule is CCCCCCCCCCCCCCCC1(C(=O)NC2CCCCC2C(CC(=O)O)c2[nH]ccc2C(=O)C2OC(C)(C)OCC2(C)C)CCC1. The van der Waals surface area contributed by atoms with Crippen LogP contribution in [0.15, 0.2) is 12.3 Å². The normalized spacial score (nSPS) is 24.6. The van der Waals surface area contributed by atoms with Gasteiger partial charge < -0.3 is 24.9 Å². The number of hydrogen-bond donors (Lipinski definition) is 3. The molecule has 3 aliphatic rings. The van der Waals surface area contributed by atoms with Crippen LogP contribution in [0.3, 0.4) is 0 Å². The fraction of sp³-hybridized carbons (Fsp3) is 0.833. The van der Waals surface area contributed by atoms with E-state index in [4.69, 9.17) is 9.47 Å². The molecule has 1 amide bonds. The van der Waals surface area contributed by atoms with E-state index < -0.39 is 29.2 Å². The lowest BCUT2D eigenvalue weighted by Crippen LogP contribution is -2.54. The molecule has 4 atom stereocenters. The molecule has 4 unspecified atom stereocenters. The highest BCUT2D eigenvalue weighted by Gasteiger charge is 2.48. The summed E-state index contributed by atoms with van der Waals surface area (Å²) in [5.41, 5.74) is 0.307. The number of rotatable bonds is 22. The zero-order valence-electron chi connectivity index (χ0n) is 32.2. The molecule has 3 fully saturated rings. The van der Waals surface area contributed by atoms with Gasteiger partial charge in [-0.05, 0) is 57.9 Å². The first-order valence-corrected chi connectivity index (χ1v) is 20.5. The number of amides is 1. The molecule has 0 aromatic carbocycles. The fourth-order valence-corrected chi connectivity index (χ4v) is 8.84. The van der Waals surface area contributed by atoms with Crippen molar-refractivity contribution in [2.45, 2.75) is 200 Å². The van der Waals surface area contributed by atoms with Gasteiger partial charge in [-0.2, -0.15) is 0 Å². The summed E-state index contributed by atoms with van der Waals surface area (Å²) in [7, 11) is 0. The summed E-state index contributed by atoms with van der Waals surface area (Å²) in [4.78, 5) is 43.8. The van der Waals surface area contributed by atoms with Crippen molar-refractivity contribution in [3.8, 4) is 0 Å². The van der Waals surface area contributed by atoms with E-state index in [9.17, 15) is 19.5 Å². The van der Waals surface area contributed by atoms with E-state index in [-0.39, 0.29) is 35.5 Å². The van der Waals surface area contributed by atoms with E-state index in [1.807, 2.05) is 27.7 Å². The van der Waals surface area contributed by atoms with Gasteiger partial charge in [0, 0.05) is 40.2 Å². The maximum Gasteiger partial charge on any atom is 0.304 e. The van der Waals surface area contributed by atoms with E-state index in [1.54, 1.807) is 12.3 Å². The quantitative estimate of drug-likeness (QED) is 0.0819. The Balaban J connectivity index is 1.34. The average molecular weight is 699 g/mol. The summed E-state index contributed by atoms with van der Waals surface area (Å²) >= 11 is 0. The molecule has 0 spiro atoms. The number of carbonyl (C=O) groups is 3. The van der Waals surface area contributed by atoms with Crippen molar-refractivity contribution in [2.75, 3.05) is 6.61 Å². The predicted octanol–water partition coefficient (Wildman–Crippen LogP) is 10.3. The van der Waals surface area contributed by atoms with Gasteiger partial charge in [0.2, 0.25) is 5.91 Å². The van der Waals surface area contributed by atoms with Gasteiger partial charge in [-0.3, -0.25) is 14.4 Å². The minimum Gasteiger partial charge on any atom is -0.481 e. The van der Waals surface area contributed by atoms with Crippen LogP contribution < -0.4 is 5.32 Å². The first kappa shape index (κ1) is 40.6. The Morgan fingerprint density at radius 1 is 0.880 bits per heavy atom. The molecule has 1 aromatic rings. The topological polar surface area (TPSA) is 118 Å². The molecule has 284 valence electrons. The molecule has 8 nitrogen and oxygen atoms in total. The predicted molar refractivity (Wildman–Crippen MR) is 199 cm³/mol. The molecule has 8 heteroatoms. The number of aromatic amines is 1. The smallest absolute Gasteiger partial charge is 0.304 e. The van der Waals surface area contributed by atoms with Crippen molar-refractivity contribution in [3.63, 3.8) is 0 Å². The van der Waals surface area contributed by atoms with E-state index in [0.717, 1.165) is 57.8 Å². The highest BCUT2D eigenvalue weighted by atomic mass is 16.7. The van der Waals surface area contributed by atoms with Gasteiger partial charge in [0.15, 0.2) is 11.6 Å². The number of aromatic nitrogens is 1. The third kappa shape index (κ3) is 11.2. The highest BCUT2D eigenvalue weighted by Crippen LogP contribution is 2.47. The van der Waals surface area contributed by atoms with Crippen LogP contribution >= 0.6 is 0 Å². The van der Waals surface area contributed by atoms with Crippen molar-refractivity contribution in [1.29, 1.82) is 0 Å². The number of aliphatic carboxylic acids is 1. The summed E-state index contributed by atoms with van der Waals surface area (Å²) in [6.07, 6.45) is 25.6. The molecular formula is C42H70N2O6. The Kier molecular flexibility index (Phi) is 15.5. The molecule has 2 saturated carbocycles. The molecule has 1 saturated heterocycles. The molecule has 0 bridgehead atoms. The molecule has 2 aliphatic carbocycles. The van der Waals surface area contributed by atoms with Crippen molar-refractivity contribution in [3.05, 3.63) is 23.5 Å². The van der Waals surface area contributed by atoms with Gasteiger partial charge in [-0.15, -0.1) is 0 Å². The Morgan fingerprint density at radius 2 is 1.48 bits per heavy atom. The Bertz CT molecular complexity index is 1220. The minimum absolute atomic E-state index is 0.0810. The number of ketones is 1. The van der Waals surface area contributed by atoms with Crippen LogP contribution in [0.5, 0.6) is 0 Å². The molecular weight excluding hydrogens is 628 g/mol. The monoisotopic (exact) mass is 699 g/mol. The van der Waals surface area contributed by atoms with E-state index in [1.165, 1.54) is 77.0 Å². The van der Waals surface area contributed by atoms with Crippen molar-refractivity contribution in [1.82, 2.24) is 10.3 Å². The maximum atomic E-state index is 14.1. The first-order chi connectivity index (χ1) is 23.9. The Labute approximate surface area is 303 Å². The van der Waals surface area contributed by atoms with Gasteiger partial charge in [0.1, 0.15) is 6.10 Å². The fourth-order valence-electron chi connectivity index (χ4n) is 8.84. The second kappa shape index (κ2) is 19.0. The zero-order valence-corrected chi connectivity index (χ0v) is 32.2. The highest BCUT2D eigenvalue weighted by molar-refractivity contribution is 6.01. The molecule has 1 aliphatic heterocycles. The molecule has 1 aromatic heterocycles. The molecule has 50 heavy (non-hydrogen) atoms. The first-order valence-electron chi connectivity index (χ1n) is 20.5. The Hall–Kier alpha value is -2.19. The number of Topliss-reactive ketones (excluding diaryl/α,β-unsaturated/α-hetero) is 1. The second-order valence-corrected chi connectivity index (χ2v) is 17.2. The van der Waals surface area contributed by atoms with Gasteiger partial charge in [0.05, 0.1) is 13.0 Å². The Morgan fingerprint density at radius 3 is 2.06 bits per heavy atom. The molecule has 2 heterocycles. The average Bonchev–Trinajstić information content (AvgIpc) is 3.54. The van der Waals surface area contributed by atoms with Gasteiger partial charge >= 0.3 is 5.97 Å². The summed E-state index contributed by atoms with van der Waals surface area (Å²) < 4.78 is 12.1. The third-order valence-electron chi connectivity index (χ3n) is 12.2. The maximum absolute atomic E-state index is 14.1. The summed E-state index contributed by atoms with van der Waals surface area (Å²) in [5.74, 6) is -2.29. The molecule has 3 N–H and O–H groups in total. The number of nitrogens with one attached hydrogen (secondary N) is 2. The number of H-pyrrole nitrogens is 1. The number of carboxylic acids is 1. The van der Waals surface area contributed by atoms with Crippen LogP contribution in [-0.2, 0) is 19.1 Å². The number of carbonyl (C=O) groups excluding carboxylic acids is 2. The van der Waals surface area contributed by atoms with Gasteiger partial charge in [-0.1, -0.05) is 124 Å². The lowest BCUT2D eigenvalue weighted by molar-refractivity contribution is -0.298. The second-order valence-electron chi connectivity index (χ2n) is 17.2. The van der Waals surface area contributed by atoms with Crippen LogP contribution in [0.4, 0.5) is 0 Å². The third-order valence-corrected chi connectivity index (χ3v) is 12.2. The minimum atomic E-state index is -0.902. The number of hydrogen-bond acceptors (Lipinski definition) is 5. The van der Waals surface area contributed by atoms with E-state index >= 15 is 0 Å². The largest absolute Gasteiger partial charge is 0.481 e. The summed E-state index contributed by atoms with van der Waals surface area (Å²) in [6, 6.07) is 1.65. The van der Waals surface area contributed by atoms with E-state index in [2.05, 4.69) is 17.2 Å². The van der Waals surface area contributed by atoms with Crippen molar-refractivity contribution >= 4 is 17.7 Å². The molecule has 0 radical (unpaired) electrons. The molecule has 4 rings (SSSR count). The van der Waals surface area contributed by atoms with Crippen LogP contribution in [0, 0.1) is 16.7 Å². The van der Waals surface area contributed by atoms with Gasteiger partial charge in [-0.25, -0.2) is 0 Å². The summed E-state index contributed by atoms with van der Waals surface area (Å²) in [5, 5.41) is 13.6.